The molecule has 1 N–H and O–H groups in total. The number of hydrogen-bond donors (Lipinski definition) is 1. The van der Waals surface area contributed by atoms with Crippen LogP contribution in [0, 0.1) is 0 Å². The number of carbonyl (C=O) groups excluding carboxylic acids is 1. The van der Waals surface area contributed by atoms with E-state index in [0.29, 0.717) is 12.5 Å². The Labute approximate surface area is 139 Å². The van der Waals surface area contributed by atoms with Gasteiger partial charge in [0.1, 0.15) is 5.75 Å². The molecule has 0 spiro atoms. The average Bonchev–Trinajstić information content (AvgIpc) is 2.58. The minimum atomic E-state index is -0.0695. The fraction of sp³-hybridized carbons (Fsp3) is 0.611. The highest BCUT2D eigenvalue weighted by Crippen LogP contribution is 2.18. The van der Waals surface area contributed by atoms with Gasteiger partial charge in [-0.2, -0.15) is 0 Å². The monoisotopic (exact) mass is 320 g/mol. The highest BCUT2D eigenvalue weighted by Gasteiger charge is 2.09. The number of nitrogens with zero attached hydrogens (tertiary/aromatic N) is 1. The minimum absolute atomic E-state index is 0.0680. The first-order chi connectivity index (χ1) is 11.1. The van der Waals surface area contributed by atoms with Gasteiger partial charge in [-0.3, -0.25) is 9.69 Å². The van der Waals surface area contributed by atoms with Crippen LogP contribution in [0.4, 0.5) is 0 Å². The molecule has 1 aliphatic heterocycles. The molecule has 1 fully saturated rings. The molecule has 5 heteroatoms. The Balaban J connectivity index is 1.57. The van der Waals surface area contributed by atoms with Crippen LogP contribution in [-0.2, 0) is 9.53 Å². The maximum atomic E-state index is 11.8. The Kier molecular flexibility index (Phi) is 7.36. The maximum absolute atomic E-state index is 11.8. The van der Waals surface area contributed by atoms with Crippen LogP contribution in [0.1, 0.15) is 31.7 Å². The van der Waals surface area contributed by atoms with E-state index in [1.165, 1.54) is 5.56 Å². The van der Waals surface area contributed by atoms with E-state index in [-0.39, 0.29) is 12.5 Å². The molecule has 1 aliphatic rings. The largest absolute Gasteiger partial charge is 0.484 e. The molecule has 1 aromatic rings. The van der Waals surface area contributed by atoms with Gasteiger partial charge in [0.15, 0.2) is 6.61 Å². The predicted molar refractivity (Wildman–Crippen MR) is 90.9 cm³/mol. The van der Waals surface area contributed by atoms with Crippen molar-refractivity contribution in [1.29, 1.82) is 0 Å². The van der Waals surface area contributed by atoms with Crippen molar-refractivity contribution in [2.45, 2.75) is 26.2 Å². The average molecular weight is 320 g/mol. The Morgan fingerprint density at radius 2 is 1.96 bits per heavy atom. The fourth-order valence-corrected chi connectivity index (χ4v) is 2.50. The summed E-state index contributed by atoms with van der Waals surface area (Å²) in [6, 6.07) is 7.92. The molecule has 0 aromatic heterocycles. The lowest BCUT2D eigenvalue weighted by molar-refractivity contribution is -0.123. The second kappa shape index (κ2) is 9.53. The van der Waals surface area contributed by atoms with Crippen LogP contribution in [0.15, 0.2) is 24.3 Å². The molecule has 0 saturated carbocycles. The Bertz CT molecular complexity index is 468. The van der Waals surface area contributed by atoms with E-state index in [1.54, 1.807) is 0 Å². The number of carbonyl (C=O) groups is 1. The summed E-state index contributed by atoms with van der Waals surface area (Å²) in [6.45, 7) is 9.67. The zero-order chi connectivity index (χ0) is 16.5. The van der Waals surface area contributed by atoms with Crippen LogP contribution in [0.5, 0.6) is 5.75 Å². The third-order valence-corrected chi connectivity index (χ3v) is 3.99. The van der Waals surface area contributed by atoms with Crippen molar-refractivity contribution < 1.29 is 14.3 Å². The summed E-state index contributed by atoms with van der Waals surface area (Å²) >= 11 is 0. The van der Waals surface area contributed by atoms with Crippen LogP contribution < -0.4 is 10.1 Å². The third kappa shape index (κ3) is 6.59. The van der Waals surface area contributed by atoms with E-state index < -0.39 is 0 Å². The first-order valence-corrected chi connectivity index (χ1v) is 8.44. The van der Waals surface area contributed by atoms with Crippen LogP contribution in [0.2, 0.25) is 0 Å². The van der Waals surface area contributed by atoms with Gasteiger partial charge < -0.3 is 14.8 Å². The zero-order valence-electron chi connectivity index (χ0n) is 14.2. The Morgan fingerprint density at radius 3 is 2.61 bits per heavy atom. The van der Waals surface area contributed by atoms with Crippen molar-refractivity contribution in [3.63, 3.8) is 0 Å². The van der Waals surface area contributed by atoms with E-state index in [0.717, 1.165) is 45.0 Å². The molecule has 1 heterocycles. The van der Waals surface area contributed by atoms with Gasteiger partial charge in [0.2, 0.25) is 0 Å². The first kappa shape index (κ1) is 17.8. The van der Waals surface area contributed by atoms with Gasteiger partial charge in [-0.15, -0.1) is 0 Å². The molecule has 0 radical (unpaired) electrons. The summed E-state index contributed by atoms with van der Waals surface area (Å²) in [5, 5.41) is 2.90. The van der Waals surface area contributed by atoms with Crippen molar-refractivity contribution in [3.8, 4) is 5.75 Å². The van der Waals surface area contributed by atoms with Crippen molar-refractivity contribution in [3.05, 3.63) is 29.8 Å². The number of amides is 1. The number of rotatable bonds is 8. The van der Waals surface area contributed by atoms with Crippen LogP contribution in [0.25, 0.3) is 0 Å². The maximum Gasteiger partial charge on any atom is 0.257 e. The summed E-state index contributed by atoms with van der Waals surface area (Å²) in [5.41, 5.74) is 1.27. The van der Waals surface area contributed by atoms with Crippen LogP contribution in [0.3, 0.4) is 0 Å². The summed E-state index contributed by atoms with van der Waals surface area (Å²) in [4.78, 5) is 14.1. The van der Waals surface area contributed by atoms with Gasteiger partial charge in [-0.1, -0.05) is 26.0 Å². The lowest BCUT2D eigenvalue weighted by atomic mass is 10.0. The number of nitrogens with one attached hydrogen (secondary N) is 1. The van der Waals surface area contributed by atoms with Gasteiger partial charge in [-0.05, 0) is 36.6 Å². The van der Waals surface area contributed by atoms with Gasteiger partial charge in [-0.25, -0.2) is 0 Å². The third-order valence-electron chi connectivity index (χ3n) is 3.99. The van der Waals surface area contributed by atoms with Crippen molar-refractivity contribution in [1.82, 2.24) is 10.2 Å². The number of morpholine rings is 1. The molecule has 1 aromatic carbocycles. The quantitative estimate of drug-likeness (QED) is 0.745. The first-order valence-electron chi connectivity index (χ1n) is 8.44. The summed E-state index contributed by atoms with van der Waals surface area (Å²) in [6.07, 6.45) is 0.953. The second-order valence-corrected chi connectivity index (χ2v) is 6.17. The highest BCUT2D eigenvalue weighted by molar-refractivity contribution is 5.77. The molecule has 5 nitrogen and oxygen atoms in total. The number of benzene rings is 1. The molecule has 1 amide bonds. The van der Waals surface area contributed by atoms with Crippen molar-refractivity contribution in [2.75, 3.05) is 46.0 Å². The number of ether oxygens (including phenoxy) is 2. The Hall–Kier alpha value is -1.59. The molecular formula is C18H28N2O3. The van der Waals surface area contributed by atoms with E-state index >= 15 is 0 Å². The van der Waals surface area contributed by atoms with Crippen LogP contribution >= 0.6 is 0 Å². The smallest absolute Gasteiger partial charge is 0.257 e. The van der Waals surface area contributed by atoms with Crippen molar-refractivity contribution in [2.24, 2.45) is 0 Å². The summed E-state index contributed by atoms with van der Waals surface area (Å²) in [5.74, 6) is 1.16. The standard InChI is InChI=1S/C18H28N2O3/c1-15(2)16-4-6-17(7-5-16)23-14-18(21)19-8-3-9-20-10-12-22-13-11-20/h4-7,15H,3,8-14H2,1-2H3,(H,19,21). The molecule has 2 rings (SSSR count). The molecule has 0 atom stereocenters. The topological polar surface area (TPSA) is 50.8 Å². The molecule has 0 aliphatic carbocycles. The summed E-state index contributed by atoms with van der Waals surface area (Å²) < 4.78 is 10.8. The van der Waals surface area contributed by atoms with Gasteiger partial charge >= 0.3 is 0 Å². The van der Waals surface area contributed by atoms with E-state index in [2.05, 4.69) is 24.1 Å². The van der Waals surface area contributed by atoms with Gasteiger partial charge in [0.05, 0.1) is 13.2 Å². The van der Waals surface area contributed by atoms with Crippen molar-refractivity contribution >= 4 is 5.91 Å². The molecule has 23 heavy (non-hydrogen) atoms. The van der Waals surface area contributed by atoms with Crippen LogP contribution in [-0.4, -0.2) is 56.8 Å². The lowest BCUT2D eigenvalue weighted by Crippen LogP contribution is -2.38. The lowest BCUT2D eigenvalue weighted by Gasteiger charge is -2.26. The molecule has 128 valence electrons. The van der Waals surface area contributed by atoms with E-state index in [1.807, 2.05) is 24.3 Å². The molecule has 1 saturated heterocycles. The van der Waals surface area contributed by atoms with Gasteiger partial charge in [0.25, 0.3) is 5.91 Å². The SMILES string of the molecule is CC(C)c1ccc(OCC(=O)NCCCN2CCOCC2)cc1. The number of hydrogen-bond acceptors (Lipinski definition) is 4. The summed E-state index contributed by atoms with van der Waals surface area (Å²) in [7, 11) is 0. The zero-order valence-corrected chi connectivity index (χ0v) is 14.2. The van der Waals surface area contributed by atoms with E-state index in [4.69, 9.17) is 9.47 Å². The normalized spacial score (nSPS) is 15.6. The molecule has 0 unspecified atom stereocenters. The highest BCUT2D eigenvalue weighted by atomic mass is 16.5. The molecular weight excluding hydrogens is 292 g/mol. The predicted octanol–water partition coefficient (Wildman–Crippen LogP) is 2.03. The van der Waals surface area contributed by atoms with E-state index in [9.17, 15) is 4.79 Å². The minimum Gasteiger partial charge on any atom is -0.484 e. The Morgan fingerprint density at radius 1 is 1.26 bits per heavy atom. The molecule has 0 bridgehead atoms. The van der Waals surface area contributed by atoms with Gasteiger partial charge in [0, 0.05) is 19.6 Å². The second-order valence-electron chi connectivity index (χ2n) is 6.17. The fourth-order valence-electron chi connectivity index (χ4n) is 2.50.